The van der Waals surface area contributed by atoms with Gasteiger partial charge >= 0.3 is 0 Å². The Kier molecular flexibility index (Phi) is 3.93. The first-order chi connectivity index (χ1) is 8.48. The molecule has 3 nitrogen and oxygen atoms in total. The Labute approximate surface area is 113 Å². The molecule has 0 atom stereocenters. The van der Waals surface area contributed by atoms with E-state index in [-0.39, 0.29) is 11.3 Å². The molecule has 0 spiro atoms. The number of rotatable bonds is 1. The molecule has 4 heteroatoms. The van der Waals surface area contributed by atoms with E-state index in [4.69, 9.17) is 11.6 Å². The van der Waals surface area contributed by atoms with Crippen LogP contribution < -0.4 is 10.2 Å². The number of anilines is 1. The molecule has 1 N–H and O–H groups in total. The summed E-state index contributed by atoms with van der Waals surface area (Å²) in [4.78, 5) is 14.1. The minimum Gasteiger partial charge on any atom is -0.316 e. The predicted octanol–water partition coefficient (Wildman–Crippen LogP) is 2.69. The molecule has 1 aliphatic rings. The van der Waals surface area contributed by atoms with Crippen molar-refractivity contribution in [3.63, 3.8) is 0 Å². The second-order valence-electron chi connectivity index (χ2n) is 5.55. The molecule has 1 aromatic carbocycles. The lowest BCUT2D eigenvalue weighted by Gasteiger charge is -2.35. The van der Waals surface area contributed by atoms with Crippen molar-refractivity contribution < 1.29 is 4.79 Å². The highest BCUT2D eigenvalue weighted by molar-refractivity contribution is 6.30. The molecule has 18 heavy (non-hydrogen) atoms. The van der Waals surface area contributed by atoms with Crippen molar-refractivity contribution in [3.05, 3.63) is 29.3 Å². The van der Waals surface area contributed by atoms with E-state index in [1.807, 2.05) is 29.2 Å². The number of hydrogen-bond acceptors (Lipinski definition) is 2. The van der Waals surface area contributed by atoms with Gasteiger partial charge in [0.1, 0.15) is 0 Å². The maximum absolute atomic E-state index is 12.2. The second kappa shape index (κ2) is 5.29. The van der Waals surface area contributed by atoms with Gasteiger partial charge in [-0.2, -0.15) is 0 Å². The second-order valence-corrected chi connectivity index (χ2v) is 5.99. The van der Waals surface area contributed by atoms with Crippen LogP contribution in [0.15, 0.2) is 24.3 Å². The maximum Gasteiger partial charge on any atom is 0.228 e. The summed E-state index contributed by atoms with van der Waals surface area (Å²) < 4.78 is 0. The summed E-state index contributed by atoms with van der Waals surface area (Å²) in [7, 11) is 0. The Bertz CT molecular complexity index is 445. The molecule has 1 aliphatic heterocycles. The Morgan fingerprint density at radius 3 is 2.89 bits per heavy atom. The molecular formula is C14H19ClN2O. The van der Waals surface area contributed by atoms with Gasteiger partial charge in [-0.3, -0.25) is 4.79 Å². The minimum atomic E-state index is 0.0540. The van der Waals surface area contributed by atoms with Crippen molar-refractivity contribution in [3.8, 4) is 0 Å². The van der Waals surface area contributed by atoms with Crippen LogP contribution in [0, 0.1) is 5.41 Å². The molecule has 0 aromatic heterocycles. The molecule has 0 bridgehead atoms. The third-order valence-electron chi connectivity index (χ3n) is 3.13. The highest BCUT2D eigenvalue weighted by atomic mass is 35.5. The van der Waals surface area contributed by atoms with E-state index < -0.39 is 0 Å². The summed E-state index contributed by atoms with van der Waals surface area (Å²) in [5.41, 5.74) is 0.945. The van der Waals surface area contributed by atoms with E-state index >= 15 is 0 Å². The number of halogens is 1. The van der Waals surface area contributed by atoms with Crippen LogP contribution in [0.2, 0.25) is 5.02 Å². The quantitative estimate of drug-likeness (QED) is 0.848. The third kappa shape index (κ3) is 3.24. The first-order valence-corrected chi connectivity index (χ1v) is 6.62. The highest BCUT2D eigenvalue weighted by Gasteiger charge is 2.27. The molecule has 0 unspecified atom stereocenters. The molecule has 1 saturated heterocycles. The van der Waals surface area contributed by atoms with Gasteiger partial charge < -0.3 is 10.2 Å². The fourth-order valence-electron chi connectivity index (χ4n) is 2.21. The molecule has 1 fully saturated rings. The lowest BCUT2D eigenvalue weighted by atomic mass is 9.91. The monoisotopic (exact) mass is 266 g/mol. The Balaban J connectivity index is 2.29. The van der Waals surface area contributed by atoms with Crippen LogP contribution in [0.25, 0.3) is 0 Å². The number of benzene rings is 1. The molecule has 0 saturated carbocycles. The molecule has 2 rings (SSSR count). The first-order valence-electron chi connectivity index (χ1n) is 6.25. The van der Waals surface area contributed by atoms with Crippen LogP contribution in [0.4, 0.5) is 5.69 Å². The molecule has 98 valence electrons. The van der Waals surface area contributed by atoms with Crippen molar-refractivity contribution >= 4 is 23.2 Å². The molecule has 1 heterocycles. The van der Waals surface area contributed by atoms with Gasteiger partial charge in [0.15, 0.2) is 0 Å². The van der Waals surface area contributed by atoms with E-state index in [2.05, 4.69) is 19.2 Å². The largest absolute Gasteiger partial charge is 0.316 e. The molecule has 1 aromatic rings. The summed E-state index contributed by atoms with van der Waals surface area (Å²) in [6.07, 6.45) is 0.530. The summed E-state index contributed by atoms with van der Waals surface area (Å²) >= 11 is 6.01. The molecular weight excluding hydrogens is 248 g/mol. The smallest absolute Gasteiger partial charge is 0.228 e. The summed E-state index contributed by atoms with van der Waals surface area (Å²) in [6.45, 7) is 6.68. The number of nitrogens with one attached hydrogen (secondary N) is 1. The molecule has 1 amide bonds. The van der Waals surface area contributed by atoms with E-state index in [0.717, 1.165) is 18.8 Å². The van der Waals surface area contributed by atoms with Crippen molar-refractivity contribution in [2.45, 2.75) is 20.3 Å². The minimum absolute atomic E-state index is 0.0540. The van der Waals surface area contributed by atoms with Gasteiger partial charge in [-0.25, -0.2) is 0 Å². The van der Waals surface area contributed by atoms with E-state index in [1.165, 1.54) is 0 Å². The number of hydrogen-bond donors (Lipinski definition) is 1. The van der Waals surface area contributed by atoms with Gasteiger partial charge in [-0.05, 0) is 23.6 Å². The van der Waals surface area contributed by atoms with Crippen LogP contribution in [0.5, 0.6) is 0 Å². The summed E-state index contributed by atoms with van der Waals surface area (Å²) in [6, 6.07) is 7.50. The van der Waals surface area contributed by atoms with E-state index in [9.17, 15) is 4.79 Å². The number of carbonyl (C=O) groups excluding carboxylic acids is 1. The number of amides is 1. The van der Waals surface area contributed by atoms with Gasteiger partial charge in [-0.1, -0.05) is 31.5 Å². The number of nitrogens with zero attached hydrogens (tertiary/aromatic N) is 1. The molecule has 0 aliphatic carbocycles. The topological polar surface area (TPSA) is 32.3 Å². The fourth-order valence-corrected chi connectivity index (χ4v) is 2.39. The van der Waals surface area contributed by atoms with Crippen molar-refractivity contribution in [1.29, 1.82) is 0 Å². The van der Waals surface area contributed by atoms with E-state index in [1.54, 1.807) is 0 Å². The van der Waals surface area contributed by atoms with Crippen molar-refractivity contribution in [2.75, 3.05) is 24.5 Å². The predicted molar refractivity (Wildman–Crippen MR) is 75.1 cm³/mol. The zero-order chi connectivity index (χ0) is 13.2. The third-order valence-corrected chi connectivity index (χ3v) is 3.36. The Morgan fingerprint density at radius 2 is 2.17 bits per heavy atom. The van der Waals surface area contributed by atoms with Gasteiger partial charge in [0.2, 0.25) is 5.91 Å². The van der Waals surface area contributed by atoms with Crippen LogP contribution >= 0.6 is 11.6 Å². The van der Waals surface area contributed by atoms with Crippen molar-refractivity contribution in [1.82, 2.24) is 5.32 Å². The van der Waals surface area contributed by atoms with Crippen molar-refractivity contribution in [2.24, 2.45) is 5.41 Å². The average Bonchev–Trinajstić information content (AvgIpc) is 2.30. The van der Waals surface area contributed by atoms with Crippen LogP contribution in [0.1, 0.15) is 20.3 Å². The highest BCUT2D eigenvalue weighted by Crippen LogP contribution is 2.25. The maximum atomic E-state index is 12.2. The van der Waals surface area contributed by atoms with Crippen LogP contribution in [-0.4, -0.2) is 25.5 Å². The average molecular weight is 267 g/mol. The zero-order valence-corrected chi connectivity index (χ0v) is 11.6. The summed E-state index contributed by atoms with van der Waals surface area (Å²) in [5, 5.41) is 3.98. The standard InChI is InChI=1S/C14H19ClN2O/c1-14(2)9-16-7-6-13(18)17(10-14)12-5-3-4-11(15)8-12/h3-5,8,16H,6-7,9-10H2,1-2H3. The van der Waals surface area contributed by atoms with Crippen LogP contribution in [0.3, 0.4) is 0 Å². The normalized spacial score (nSPS) is 20.4. The Hall–Kier alpha value is -1.06. The van der Waals surface area contributed by atoms with E-state index in [0.29, 0.717) is 18.0 Å². The van der Waals surface area contributed by atoms with Gasteiger partial charge in [-0.15, -0.1) is 0 Å². The van der Waals surface area contributed by atoms with Crippen LogP contribution in [-0.2, 0) is 4.79 Å². The lowest BCUT2D eigenvalue weighted by molar-refractivity contribution is -0.119. The van der Waals surface area contributed by atoms with Gasteiger partial charge in [0, 0.05) is 36.8 Å². The Morgan fingerprint density at radius 1 is 1.39 bits per heavy atom. The summed E-state index contributed by atoms with van der Waals surface area (Å²) in [5.74, 6) is 0.151. The van der Waals surface area contributed by atoms with Gasteiger partial charge in [0.05, 0.1) is 0 Å². The van der Waals surface area contributed by atoms with Gasteiger partial charge in [0.25, 0.3) is 0 Å². The SMILES string of the molecule is CC1(C)CNCCC(=O)N(c2cccc(Cl)c2)C1. The zero-order valence-electron chi connectivity index (χ0n) is 10.9. The lowest BCUT2D eigenvalue weighted by Crippen LogP contribution is -2.47. The number of carbonyl (C=O) groups is 1. The molecule has 0 radical (unpaired) electrons. The first kappa shape index (κ1) is 13.4. The fraction of sp³-hybridized carbons (Fsp3) is 0.500.